The Balaban J connectivity index is 2.41. The number of benzene rings is 1. The Kier molecular flexibility index (Phi) is 2.95. The second-order valence-corrected chi connectivity index (χ2v) is 4.13. The van der Waals surface area contributed by atoms with Crippen LogP contribution in [0.4, 0.5) is 0 Å². The second kappa shape index (κ2) is 4.39. The largest absolute Gasteiger partial charge is 0.486 e. The molecule has 84 valence electrons. The van der Waals surface area contributed by atoms with E-state index in [1.807, 2.05) is 26.0 Å². The first-order chi connectivity index (χ1) is 7.68. The number of ether oxygens (including phenoxy) is 1. The lowest BCUT2D eigenvalue weighted by Gasteiger charge is -2.07. The molecular formula is C13H14O3. The third kappa shape index (κ3) is 2.08. The van der Waals surface area contributed by atoms with E-state index in [0.717, 1.165) is 0 Å². The summed E-state index contributed by atoms with van der Waals surface area (Å²) in [6.45, 7) is 4.58. The minimum atomic E-state index is -0.109. The third-order valence-corrected chi connectivity index (χ3v) is 2.22. The SMILES string of the molecule is CC(C)COc1coc2ccccc2c1=O. The van der Waals surface area contributed by atoms with E-state index in [0.29, 0.717) is 23.5 Å². The van der Waals surface area contributed by atoms with E-state index >= 15 is 0 Å². The maximum absolute atomic E-state index is 12.0. The average molecular weight is 218 g/mol. The summed E-state index contributed by atoms with van der Waals surface area (Å²) in [6.07, 6.45) is 1.38. The lowest BCUT2D eigenvalue weighted by atomic mass is 10.2. The highest BCUT2D eigenvalue weighted by Gasteiger charge is 2.07. The Labute approximate surface area is 93.7 Å². The van der Waals surface area contributed by atoms with Gasteiger partial charge in [0.1, 0.15) is 11.8 Å². The van der Waals surface area contributed by atoms with Gasteiger partial charge in [-0.1, -0.05) is 26.0 Å². The zero-order chi connectivity index (χ0) is 11.5. The van der Waals surface area contributed by atoms with Crippen LogP contribution in [0, 0.1) is 5.92 Å². The zero-order valence-electron chi connectivity index (χ0n) is 9.40. The molecule has 2 aromatic rings. The van der Waals surface area contributed by atoms with E-state index in [9.17, 15) is 4.79 Å². The van der Waals surface area contributed by atoms with Crippen LogP contribution in [0.15, 0.2) is 39.7 Å². The molecule has 0 radical (unpaired) electrons. The summed E-state index contributed by atoms with van der Waals surface area (Å²) in [4.78, 5) is 12.0. The molecule has 2 rings (SSSR count). The topological polar surface area (TPSA) is 39.4 Å². The van der Waals surface area contributed by atoms with Crippen molar-refractivity contribution in [2.45, 2.75) is 13.8 Å². The summed E-state index contributed by atoms with van der Waals surface area (Å²) >= 11 is 0. The molecule has 0 atom stereocenters. The number of rotatable bonds is 3. The summed E-state index contributed by atoms with van der Waals surface area (Å²) in [5.74, 6) is 0.665. The molecule has 0 saturated heterocycles. The van der Waals surface area contributed by atoms with Crippen molar-refractivity contribution in [3.8, 4) is 5.75 Å². The van der Waals surface area contributed by atoms with Crippen LogP contribution in [0.2, 0.25) is 0 Å². The molecule has 0 aliphatic carbocycles. The predicted octanol–water partition coefficient (Wildman–Crippen LogP) is 2.83. The zero-order valence-corrected chi connectivity index (χ0v) is 9.40. The first-order valence-corrected chi connectivity index (χ1v) is 5.32. The standard InChI is InChI=1S/C13H14O3/c1-9(2)7-15-12-8-16-11-6-4-3-5-10(11)13(12)14/h3-6,8-9H,7H2,1-2H3. The van der Waals surface area contributed by atoms with Crippen molar-refractivity contribution in [1.82, 2.24) is 0 Å². The Morgan fingerprint density at radius 1 is 1.31 bits per heavy atom. The lowest BCUT2D eigenvalue weighted by Crippen LogP contribution is -2.12. The van der Waals surface area contributed by atoms with Crippen LogP contribution in [-0.2, 0) is 0 Å². The van der Waals surface area contributed by atoms with Crippen LogP contribution in [0.5, 0.6) is 5.75 Å². The fourth-order valence-corrected chi connectivity index (χ4v) is 1.42. The Morgan fingerprint density at radius 2 is 2.06 bits per heavy atom. The summed E-state index contributed by atoms with van der Waals surface area (Å²) in [5.41, 5.74) is 0.479. The Bertz CT molecular complexity index is 540. The van der Waals surface area contributed by atoms with Crippen LogP contribution in [-0.4, -0.2) is 6.61 Å². The van der Waals surface area contributed by atoms with E-state index in [4.69, 9.17) is 9.15 Å². The smallest absolute Gasteiger partial charge is 0.234 e. The van der Waals surface area contributed by atoms with Gasteiger partial charge in [-0.05, 0) is 18.1 Å². The number of hydrogen-bond donors (Lipinski definition) is 0. The van der Waals surface area contributed by atoms with Crippen LogP contribution in [0.3, 0.4) is 0 Å². The van der Waals surface area contributed by atoms with Crippen molar-refractivity contribution in [3.05, 3.63) is 40.8 Å². The summed E-state index contributed by atoms with van der Waals surface area (Å²) < 4.78 is 10.7. The van der Waals surface area contributed by atoms with Gasteiger partial charge in [-0.25, -0.2) is 0 Å². The van der Waals surface area contributed by atoms with Gasteiger partial charge in [0, 0.05) is 0 Å². The fraction of sp³-hybridized carbons (Fsp3) is 0.308. The van der Waals surface area contributed by atoms with Gasteiger partial charge >= 0.3 is 0 Å². The minimum absolute atomic E-state index is 0.109. The lowest BCUT2D eigenvalue weighted by molar-refractivity contribution is 0.263. The van der Waals surface area contributed by atoms with Crippen molar-refractivity contribution >= 4 is 11.0 Å². The average Bonchev–Trinajstić information content (AvgIpc) is 2.28. The fourth-order valence-electron chi connectivity index (χ4n) is 1.42. The van der Waals surface area contributed by atoms with Crippen molar-refractivity contribution in [1.29, 1.82) is 0 Å². The van der Waals surface area contributed by atoms with E-state index in [-0.39, 0.29) is 11.2 Å². The van der Waals surface area contributed by atoms with Gasteiger partial charge in [0.2, 0.25) is 11.2 Å². The molecule has 0 bridgehead atoms. The maximum Gasteiger partial charge on any atom is 0.234 e. The Morgan fingerprint density at radius 3 is 2.81 bits per heavy atom. The molecule has 0 saturated carbocycles. The quantitative estimate of drug-likeness (QED) is 0.795. The second-order valence-electron chi connectivity index (χ2n) is 4.13. The number of hydrogen-bond acceptors (Lipinski definition) is 3. The van der Waals surface area contributed by atoms with Crippen LogP contribution >= 0.6 is 0 Å². The van der Waals surface area contributed by atoms with Gasteiger partial charge in [-0.15, -0.1) is 0 Å². The predicted molar refractivity (Wildman–Crippen MR) is 62.8 cm³/mol. The molecule has 0 aliphatic heterocycles. The number of fused-ring (bicyclic) bond motifs is 1. The number of para-hydroxylation sites is 1. The van der Waals surface area contributed by atoms with Crippen LogP contribution < -0.4 is 10.2 Å². The van der Waals surface area contributed by atoms with Gasteiger partial charge in [0.05, 0.1) is 12.0 Å². The summed E-state index contributed by atoms with van der Waals surface area (Å²) in [7, 11) is 0. The van der Waals surface area contributed by atoms with Crippen LogP contribution in [0.25, 0.3) is 11.0 Å². The first kappa shape index (κ1) is 10.7. The van der Waals surface area contributed by atoms with Gasteiger partial charge in [-0.3, -0.25) is 4.79 Å². The van der Waals surface area contributed by atoms with Gasteiger partial charge in [0.25, 0.3) is 0 Å². The molecule has 3 heteroatoms. The highest BCUT2D eigenvalue weighted by Crippen LogP contribution is 2.14. The van der Waals surface area contributed by atoms with E-state index in [1.54, 1.807) is 12.1 Å². The molecule has 0 unspecified atom stereocenters. The van der Waals surface area contributed by atoms with Crippen LogP contribution in [0.1, 0.15) is 13.8 Å². The molecule has 1 aromatic carbocycles. The molecule has 0 spiro atoms. The summed E-state index contributed by atoms with van der Waals surface area (Å²) in [5, 5.41) is 0.559. The van der Waals surface area contributed by atoms with Crippen molar-refractivity contribution in [3.63, 3.8) is 0 Å². The van der Waals surface area contributed by atoms with E-state index in [1.165, 1.54) is 6.26 Å². The van der Waals surface area contributed by atoms with Crippen molar-refractivity contribution in [2.75, 3.05) is 6.61 Å². The normalized spacial score (nSPS) is 10.9. The van der Waals surface area contributed by atoms with Crippen molar-refractivity contribution < 1.29 is 9.15 Å². The van der Waals surface area contributed by atoms with Gasteiger partial charge in [-0.2, -0.15) is 0 Å². The first-order valence-electron chi connectivity index (χ1n) is 5.32. The minimum Gasteiger partial charge on any atom is -0.486 e. The summed E-state index contributed by atoms with van der Waals surface area (Å²) in [6, 6.07) is 7.15. The molecule has 0 aliphatic rings. The molecular weight excluding hydrogens is 204 g/mol. The monoisotopic (exact) mass is 218 g/mol. The maximum atomic E-state index is 12.0. The van der Waals surface area contributed by atoms with Crippen molar-refractivity contribution in [2.24, 2.45) is 5.92 Å². The third-order valence-electron chi connectivity index (χ3n) is 2.22. The molecule has 0 amide bonds. The highest BCUT2D eigenvalue weighted by molar-refractivity contribution is 5.77. The van der Waals surface area contributed by atoms with Gasteiger partial charge in [0.15, 0.2) is 0 Å². The van der Waals surface area contributed by atoms with Gasteiger partial charge < -0.3 is 9.15 Å². The molecule has 1 aromatic heterocycles. The molecule has 1 heterocycles. The Hall–Kier alpha value is -1.77. The molecule has 0 fully saturated rings. The molecule has 0 N–H and O–H groups in total. The van der Waals surface area contributed by atoms with E-state index in [2.05, 4.69) is 0 Å². The molecule has 16 heavy (non-hydrogen) atoms. The molecule has 3 nitrogen and oxygen atoms in total. The van der Waals surface area contributed by atoms with E-state index < -0.39 is 0 Å². The highest BCUT2D eigenvalue weighted by atomic mass is 16.5.